The molecule has 75 heavy (non-hydrogen) atoms. The van der Waals surface area contributed by atoms with Crippen molar-refractivity contribution < 1.29 is 28.6 Å². The summed E-state index contributed by atoms with van der Waals surface area (Å²) in [6.45, 7) is 6.55. The molecule has 0 rings (SSSR count). The molecule has 0 aromatic heterocycles. The molecule has 0 N–H and O–H groups in total. The standard InChI is InChI=1S/C69H124O6/c1-4-7-10-13-16-19-22-25-27-28-29-30-31-32-33-34-35-36-37-38-39-40-41-42-43-45-47-50-53-56-59-62-68(71)74-65-66(64-73-67(70)61-58-55-52-49-46-24-21-18-15-12-9-6-3)75-69(72)63-60-57-54-51-48-44-26-23-20-17-14-11-8-5-2/h7,10,16,19,23,25-27,29-30,66H,4-6,8-9,11-15,17-18,20-22,24,28,31-65H2,1-3H3/b10-7-,19-16-,26-23-,27-25-,30-29-. The van der Waals surface area contributed by atoms with Crippen molar-refractivity contribution in [1.82, 2.24) is 0 Å². The van der Waals surface area contributed by atoms with E-state index < -0.39 is 6.10 Å². The van der Waals surface area contributed by atoms with Gasteiger partial charge in [-0.05, 0) is 83.5 Å². The summed E-state index contributed by atoms with van der Waals surface area (Å²) in [7, 11) is 0. The maximum atomic E-state index is 12.9. The van der Waals surface area contributed by atoms with Crippen LogP contribution in [0.15, 0.2) is 60.8 Å². The van der Waals surface area contributed by atoms with Crippen LogP contribution in [-0.4, -0.2) is 37.2 Å². The van der Waals surface area contributed by atoms with Crippen molar-refractivity contribution in [2.75, 3.05) is 13.2 Å². The minimum Gasteiger partial charge on any atom is -0.462 e. The number of hydrogen-bond acceptors (Lipinski definition) is 6. The first-order valence-electron chi connectivity index (χ1n) is 32.8. The van der Waals surface area contributed by atoms with E-state index in [2.05, 4.69) is 81.5 Å². The highest BCUT2D eigenvalue weighted by molar-refractivity contribution is 5.71. The third kappa shape index (κ3) is 61.8. The zero-order valence-corrected chi connectivity index (χ0v) is 50.1. The van der Waals surface area contributed by atoms with Crippen LogP contribution in [0.25, 0.3) is 0 Å². The smallest absolute Gasteiger partial charge is 0.306 e. The normalized spacial score (nSPS) is 12.4. The molecule has 0 heterocycles. The van der Waals surface area contributed by atoms with Crippen LogP contribution in [0.2, 0.25) is 0 Å². The van der Waals surface area contributed by atoms with E-state index in [1.165, 1.54) is 212 Å². The summed E-state index contributed by atoms with van der Waals surface area (Å²) in [6, 6.07) is 0. The molecule has 1 unspecified atom stereocenters. The molecule has 0 aliphatic rings. The second-order valence-corrected chi connectivity index (χ2v) is 22.0. The molecular formula is C69H124O6. The first-order valence-corrected chi connectivity index (χ1v) is 32.8. The highest BCUT2D eigenvalue weighted by atomic mass is 16.6. The Kier molecular flexibility index (Phi) is 61.2. The first-order chi connectivity index (χ1) is 37.0. The molecule has 6 heteroatoms. The molecule has 0 radical (unpaired) electrons. The van der Waals surface area contributed by atoms with Crippen LogP contribution in [0.4, 0.5) is 0 Å². The first kappa shape index (κ1) is 72.1. The summed E-state index contributed by atoms with van der Waals surface area (Å²) < 4.78 is 16.9. The molecular weight excluding hydrogens is 925 g/mol. The van der Waals surface area contributed by atoms with Crippen LogP contribution in [0, 0.1) is 0 Å². The van der Waals surface area contributed by atoms with Crippen molar-refractivity contribution in [3.63, 3.8) is 0 Å². The molecule has 0 aliphatic heterocycles. The van der Waals surface area contributed by atoms with Crippen molar-refractivity contribution in [2.45, 2.75) is 348 Å². The highest BCUT2D eigenvalue weighted by Gasteiger charge is 2.19. The van der Waals surface area contributed by atoms with Gasteiger partial charge in [-0.25, -0.2) is 0 Å². The molecule has 0 aromatic rings. The van der Waals surface area contributed by atoms with Crippen LogP contribution in [-0.2, 0) is 28.6 Å². The van der Waals surface area contributed by atoms with Crippen molar-refractivity contribution in [3.05, 3.63) is 60.8 Å². The van der Waals surface area contributed by atoms with Crippen molar-refractivity contribution in [3.8, 4) is 0 Å². The number of rotatable bonds is 60. The minimum atomic E-state index is -0.774. The number of carbonyl (C=O) groups is 3. The fourth-order valence-corrected chi connectivity index (χ4v) is 9.61. The molecule has 0 saturated carbocycles. The maximum absolute atomic E-state index is 12.9. The summed E-state index contributed by atoms with van der Waals surface area (Å²) >= 11 is 0. The third-order valence-electron chi connectivity index (χ3n) is 14.5. The predicted molar refractivity (Wildman–Crippen MR) is 325 cm³/mol. The molecule has 0 spiro atoms. The summed E-state index contributed by atoms with van der Waals surface area (Å²) in [5.41, 5.74) is 0. The Balaban J connectivity index is 4.12. The zero-order chi connectivity index (χ0) is 54.3. The number of carbonyl (C=O) groups excluding carboxylic acids is 3. The van der Waals surface area contributed by atoms with Gasteiger partial charge in [0.05, 0.1) is 0 Å². The van der Waals surface area contributed by atoms with E-state index in [-0.39, 0.29) is 31.1 Å². The molecule has 6 nitrogen and oxygen atoms in total. The van der Waals surface area contributed by atoms with Gasteiger partial charge >= 0.3 is 17.9 Å². The van der Waals surface area contributed by atoms with E-state index in [0.717, 1.165) is 89.9 Å². The molecule has 0 saturated heterocycles. The maximum Gasteiger partial charge on any atom is 0.306 e. The van der Waals surface area contributed by atoms with Gasteiger partial charge in [0.25, 0.3) is 0 Å². The third-order valence-corrected chi connectivity index (χ3v) is 14.5. The van der Waals surface area contributed by atoms with E-state index in [1.54, 1.807) is 0 Å². The lowest BCUT2D eigenvalue weighted by Crippen LogP contribution is -2.30. The van der Waals surface area contributed by atoms with Gasteiger partial charge in [-0.15, -0.1) is 0 Å². The largest absolute Gasteiger partial charge is 0.462 e. The SMILES string of the molecule is CC/C=C\C/C=C\C/C=C\C/C=C\CCCCCCCCCCCCCCCCCCCCC(=O)OCC(COC(=O)CCCCCCCCCCCCCC)OC(=O)CCCCCCC/C=C\CCCCCCC. The molecule has 0 aromatic carbocycles. The van der Waals surface area contributed by atoms with Crippen molar-refractivity contribution in [1.29, 1.82) is 0 Å². The van der Waals surface area contributed by atoms with E-state index in [9.17, 15) is 14.4 Å². The second-order valence-electron chi connectivity index (χ2n) is 22.0. The predicted octanol–water partition coefficient (Wildman–Crippen LogP) is 22.3. The van der Waals surface area contributed by atoms with Gasteiger partial charge in [-0.2, -0.15) is 0 Å². The number of unbranched alkanes of at least 4 members (excludes halogenated alkanes) is 39. The van der Waals surface area contributed by atoms with Crippen LogP contribution in [0.1, 0.15) is 342 Å². The van der Waals surface area contributed by atoms with Crippen LogP contribution in [0.5, 0.6) is 0 Å². The monoisotopic (exact) mass is 1050 g/mol. The number of hydrogen-bond donors (Lipinski definition) is 0. The van der Waals surface area contributed by atoms with Crippen molar-refractivity contribution in [2.24, 2.45) is 0 Å². The minimum absolute atomic E-state index is 0.0718. The van der Waals surface area contributed by atoms with Crippen LogP contribution in [0.3, 0.4) is 0 Å². The zero-order valence-electron chi connectivity index (χ0n) is 50.1. The van der Waals surface area contributed by atoms with Gasteiger partial charge in [-0.3, -0.25) is 14.4 Å². The number of esters is 3. The Morgan fingerprint density at radius 1 is 0.280 bits per heavy atom. The van der Waals surface area contributed by atoms with Gasteiger partial charge in [0.1, 0.15) is 13.2 Å². The van der Waals surface area contributed by atoms with E-state index in [4.69, 9.17) is 14.2 Å². The molecule has 0 amide bonds. The molecule has 0 aliphatic carbocycles. The topological polar surface area (TPSA) is 78.9 Å². The van der Waals surface area contributed by atoms with Crippen LogP contribution >= 0.6 is 0 Å². The summed E-state index contributed by atoms with van der Waals surface area (Å²) in [5.74, 6) is -0.861. The summed E-state index contributed by atoms with van der Waals surface area (Å²) in [4.78, 5) is 38.2. The highest BCUT2D eigenvalue weighted by Crippen LogP contribution is 2.17. The van der Waals surface area contributed by atoms with E-state index in [0.29, 0.717) is 19.3 Å². The Morgan fingerprint density at radius 2 is 0.520 bits per heavy atom. The lowest BCUT2D eigenvalue weighted by atomic mass is 10.0. The number of ether oxygens (including phenoxy) is 3. The molecule has 1 atom stereocenters. The van der Waals surface area contributed by atoms with Gasteiger partial charge < -0.3 is 14.2 Å². The Morgan fingerprint density at radius 3 is 0.827 bits per heavy atom. The van der Waals surface area contributed by atoms with Gasteiger partial charge in [0, 0.05) is 19.3 Å². The van der Waals surface area contributed by atoms with E-state index in [1.807, 2.05) is 0 Å². The lowest BCUT2D eigenvalue weighted by molar-refractivity contribution is -0.167. The van der Waals surface area contributed by atoms with Crippen LogP contribution < -0.4 is 0 Å². The van der Waals surface area contributed by atoms with Crippen molar-refractivity contribution >= 4 is 17.9 Å². The number of allylic oxidation sites excluding steroid dienone is 10. The fourth-order valence-electron chi connectivity index (χ4n) is 9.61. The van der Waals surface area contributed by atoms with Gasteiger partial charge in [-0.1, -0.05) is 300 Å². The lowest BCUT2D eigenvalue weighted by Gasteiger charge is -2.18. The van der Waals surface area contributed by atoms with E-state index >= 15 is 0 Å². The average molecular weight is 1050 g/mol. The quantitative estimate of drug-likeness (QED) is 0.0261. The Bertz CT molecular complexity index is 1340. The summed E-state index contributed by atoms with van der Waals surface area (Å²) in [5, 5.41) is 0. The van der Waals surface area contributed by atoms with Gasteiger partial charge in [0.15, 0.2) is 6.10 Å². The fraction of sp³-hybridized carbons (Fsp3) is 0.812. The second kappa shape index (κ2) is 63.6. The van der Waals surface area contributed by atoms with Gasteiger partial charge in [0.2, 0.25) is 0 Å². The average Bonchev–Trinajstić information content (AvgIpc) is 3.41. The molecule has 0 bridgehead atoms. The molecule has 0 fully saturated rings. The summed E-state index contributed by atoms with van der Waals surface area (Å²) in [6.07, 6.45) is 81.0. The Labute approximate surface area is 466 Å². The Hall–Kier alpha value is -2.89. The molecule has 436 valence electrons.